The summed E-state index contributed by atoms with van der Waals surface area (Å²) in [4.78, 5) is 26.1. The third-order valence-corrected chi connectivity index (χ3v) is 4.65. The molecule has 122 valence electrons. The van der Waals surface area contributed by atoms with E-state index in [1.807, 2.05) is 11.8 Å². The SMILES string of the molecule is Cc1cc(NC(=O)C(C)SCC(=O)N2CCNCC2C)no1. The van der Waals surface area contributed by atoms with Crippen molar-refractivity contribution in [3.05, 3.63) is 11.8 Å². The van der Waals surface area contributed by atoms with Gasteiger partial charge in [-0.25, -0.2) is 0 Å². The lowest BCUT2D eigenvalue weighted by Gasteiger charge is -2.34. The highest BCUT2D eigenvalue weighted by Gasteiger charge is 2.24. The Labute approximate surface area is 134 Å². The quantitative estimate of drug-likeness (QED) is 0.835. The highest BCUT2D eigenvalue weighted by Crippen LogP contribution is 2.16. The Balaban J connectivity index is 1.77. The fourth-order valence-corrected chi connectivity index (χ4v) is 2.99. The molecular formula is C14H22N4O3S. The van der Waals surface area contributed by atoms with Crippen molar-refractivity contribution in [1.82, 2.24) is 15.4 Å². The van der Waals surface area contributed by atoms with Gasteiger partial charge in [0.05, 0.1) is 11.0 Å². The number of carbonyl (C=O) groups is 2. The number of thioether (sulfide) groups is 1. The predicted octanol–water partition coefficient (Wildman–Crippen LogP) is 0.864. The Morgan fingerprint density at radius 1 is 1.64 bits per heavy atom. The molecule has 1 aliphatic rings. The summed E-state index contributed by atoms with van der Waals surface area (Å²) in [6.07, 6.45) is 0. The summed E-state index contributed by atoms with van der Waals surface area (Å²) in [5.41, 5.74) is 0. The average Bonchev–Trinajstić information content (AvgIpc) is 2.90. The van der Waals surface area contributed by atoms with E-state index in [4.69, 9.17) is 4.52 Å². The van der Waals surface area contributed by atoms with E-state index < -0.39 is 0 Å². The third-order valence-electron chi connectivity index (χ3n) is 3.53. The van der Waals surface area contributed by atoms with Gasteiger partial charge in [-0.1, -0.05) is 5.16 Å². The lowest BCUT2D eigenvalue weighted by atomic mass is 10.2. The molecule has 2 rings (SSSR count). The van der Waals surface area contributed by atoms with Gasteiger partial charge < -0.3 is 20.1 Å². The Morgan fingerprint density at radius 2 is 2.41 bits per heavy atom. The van der Waals surface area contributed by atoms with Crippen LogP contribution < -0.4 is 10.6 Å². The van der Waals surface area contributed by atoms with Gasteiger partial charge in [0.15, 0.2) is 5.82 Å². The molecular weight excluding hydrogens is 304 g/mol. The van der Waals surface area contributed by atoms with E-state index in [0.29, 0.717) is 17.3 Å². The molecule has 2 atom stereocenters. The van der Waals surface area contributed by atoms with Crippen molar-refractivity contribution in [1.29, 1.82) is 0 Å². The van der Waals surface area contributed by atoms with Crippen molar-refractivity contribution < 1.29 is 14.1 Å². The van der Waals surface area contributed by atoms with Crippen LogP contribution in [0.5, 0.6) is 0 Å². The molecule has 0 bridgehead atoms. The number of anilines is 1. The van der Waals surface area contributed by atoms with E-state index in [1.54, 1.807) is 19.9 Å². The van der Waals surface area contributed by atoms with E-state index in [-0.39, 0.29) is 23.1 Å². The summed E-state index contributed by atoms with van der Waals surface area (Å²) in [6, 6.07) is 1.85. The van der Waals surface area contributed by atoms with E-state index >= 15 is 0 Å². The number of carbonyl (C=O) groups excluding carboxylic acids is 2. The predicted molar refractivity (Wildman–Crippen MR) is 85.8 cm³/mol. The number of aryl methyl sites for hydroxylation is 1. The molecule has 1 aromatic rings. The van der Waals surface area contributed by atoms with Gasteiger partial charge >= 0.3 is 0 Å². The summed E-state index contributed by atoms with van der Waals surface area (Å²) in [6.45, 7) is 7.92. The van der Waals surface area contributed by atoms with E-state index in [1.165, 1.54) is 11.8 Å². The lowest BCUT2D eigenvalue weighted by molar-refractivity contribution is -0.131. The molecule has 1 aromatic heterocycles. The second kappa shape index (κ2) is 7.64. The first-order valence-electron chi connectivity index (χ1n) is 7.33. The summed E-state index contributed by atoms with van der Waals surface area (Å²) >= 11 is 1.33. The number of hydrogen-bond acceptors (Lipinski definition) is 6. The van der Waals surface area contributed by atoms with Gasteiger partial charge in [0.25, 0.3) is 0 Å². The molecule has 1 aliphatic heterocycles. The first kappa shape index (κ1) is 16.8. The van der Waals surface area contributed by atoms with E-state index in [9.17, 15) is 9.59 Å². The van der Waals surface area contributed by atoms with Crippen LogP contribution in [0.3, 0.4) is 0 Å². The topological polar surface area (TPSA) is 87.5 Å². The maximum absolute atomic E-state index is 12.2. The Kier molecular flexibility index (Phi) is 5.84. The number of hydrogen-bond donors (Lipinski definition) is 2. The number of nitrogens with one attached hydrogen (secondary N) is 2. The van der Waals surface area contributed by atoms with Gasteiger partial charge in [-0.05, 0) is 20.8 Å². The second-order valence-electron chi connectivity index (χ2n) is 5.41. The average molecular weight is 326 g/mol. The molecule has 8 heteroatoms. The summed E-state index contributed by atoms with van der Waals surface area (Å²) in [5, 5.41) is 9.31. The highest BCUT2D eigenvalue weighted by atomic mass is 32.2. The zero-order chi connectivity index (χ0) is 16.1. The molecule has 1 fully saturated rings. The number of nitrogens with zero attached hydrogens (tertiary/aromatic N) is 2. The first-order chi connectivity index (χ1) is 10.5. The van der Waals surface area contributed by atoms with Crippen LogP contribution in [0.15, 0.2) is 10.6 Å². The van der Waals surface area contributed by atoms with Crippen LogP contribution in [0.25, 0.3) is 0 Å². The van der Waals surface area contributed by atoms with Gasteiger partial charge in [0.1, 0.15) is 5.76 Å². The lowest BCUT2D eigenvalue weighted by Crippen LogP contribution is -2.52. The summed E-state index contributed by atoms with van der Waals surface area (Å²) in [5.74, 6) is 1.24. The van der Waals surface area contributed by atoms with Gasteiger partial charge in [-0.15, -0.1) is 11.8 Å². The normalized spacial score (nSPS) is 19.8. The van der Waals surface area contributed by atoms with Crippen molar-refractivity contribution in [2.45, 2.75) is 32.1 Å². The fraction of sp³-hybridized carbons (Fsp3) is 0.643. The van der Waals surface area contributed by atoms with Crippen molar-refractivity contribution in [2.75, 3.05) is 30.7 Å². The Morgan fingerprint density at radius 3 is 3.05 bits per heavy atom. The Bertz CT molecular complexity index is 534. The van der Waals surface area contributed by atoms with Crippen LogP contribution in [-0.2, 0) is 9.59 Å². The molecule has 22 heavy (non-hydrogen) atoms. The summed E-state index contributed by atoms with van der Waals surface area (Å²) in [7, 11) is 0. The largest absolute Gasteiger partial charge is 0.360 e. The monoisotopic (exact) mass is 326 g/mol. The fourth-order valence-electron chi connectivity index (χ4n) is 2.22. The number of piperazine rings is 1. The van der Waals surface area contributed by atoms with Crippen LogP contribution in [0.1, 0.15) is 19.6 Å². The number of amides is 2. The molecule has 0 aliphatic carbocycles. The minimum atomic E-state index is -0.334. The van der Waals surface area contributed by atoms with E-state index in [0.717, 1.165) is 19.6 Å². The van der Waals surface area contributed by atoms with Crippen molar-refractivity contribution in [3.8, 4) is 0 Å². The van der Waals surface area contributed by atoms with Crippen molar-refractivity contribution in [3.63, 3.8) is 0 Å². The second-order valence-corrected chi connectivity index (χ2v) is 6.73. The smallest absolute Gasteiger partial charge is 0.238 e. The van der Waals surface area contributed by atoms with Gasteiger partial charge in [0.2, 0.25) is 11.8 Å². The standard InChI is InChI=1S/C14H22N4O3S/c1-9-7-15-4-5-18(9)13(19)8-22-11(3)14(20)16-12-6-10(2)21-17-12/h6,9,11,15H,4-5,7-8H2,1-3H3,(H,16,17,20). The number of rotatable bonds is 5. The third kappa shape index (κ3) is 4.48. The number of aromatic nitrogens is 1. The maximum Gasteiger partial charge on any atom is 0.238 e. The molecule has 2 unspecified atom stereocenters. The first-order valence-corrected chi connectivity index (χ1v) is 8.38. The zero-order valence-electron chi connectivity index (χ0n) is 13.1. The van der Waals surface area contributed by atoms with E-state index in [2.05, 4.69) is 15.8 Å². The minimum Gasteiger partial charge on any atom is -0.360 e. The van der Waals surface area contributed by atoms with Crippen LogP contribution in [0.2, 0.25) is 0 Å². The summed E-state index contributed by atoms with van der Waals surface area (Å²) < 4.78 is 4.90. The van der Waals surface area contributed by atoms with Gasteiger partial charge in [-0.2, -0.15) is 0 Å². The Hall–Kier alpha value is -1.54. The van der Waals surface area contributed by atoms with Gasteiger partial charge in [-0.3, -0.25) is 9.59 Å². The molecule has 0 aromatic carbocycles. The van der Waals surface area contributed by atoms with Crippen LogP contribution in [0, 0.1) is 6.92 Å². The van der Waals surface area contributed by atoms with Crippen LogP contribution in [0.4, 0.5) is 5.82 Å². The molecule has 7 nitrogen and oxygen atoms in total. The molecule has 1 saturated heterocycles. The zero-order valence-corrected chi connectivity index (χ0v) is 13.9. The molecule has 0 saturated carbocycles. The van der Waals surface area contributed by atoms with Crippen molar-refractivity contribution in [2.24, 2.45) is 0 Å². The van der Waals surface area contributed by atoms with Gasteiger partial charge in [0, 0.05) is 31.7 Å². The van der Waals surface area contributed by atoms with Crippen molar-refractivity contribution >= 4 is 29.4 Å². The molecule has 2 heterocycles. The molecule has 2 N–H and O–H groups in total. The maximum atomic E-state index is 12.2. The highest BCUT2D eigenvalue weighted by molar-refractivity contribution is 8.01. The minimum absolute atomic E-state index is 0.0796. The molecule has 2 amide bonds. The molecule has 0 spiro atoms. The van der Waals surface area contributed by atoms with Crippen LogP contribution >= 0.6 is 11.8 Å². The van der Waals surface area contributed by atoms with Crippen LogP contribution in [-0.4, -0.2) is 58.5 Å². The molecule has 0 radical (unpaired) electrons.